The lowest BCUT2D eigenvalue weighted by atomic mass is 10.2. The van der Waals surface area contributed by atoms with Crippen LogP contribution in [0.4, 0.5) is 0 Å². The van der Waals surface area contributed by atoms with E-state index >= 15 is 0 Å². The van der Waals surface area contributed by atoms with Crippen LogP contribution in [0.2, 0.25) is 0 Å². The van der Waals surface area contributed by atoms with Gasteiger partial charge in [-0.25, -0.2) is 0 Å². The number of nitrogens with zero attached hydrogens (tertiary/aromatic N) is 5. The molecule has 0 aliphatic carbocycles. The molecule has 1 aliphatic rings. The van der Waals surface area contributed by atoms with Crippen molar-refractivity contribution in [2.24, 2.45) is 0 Å². The van der Waals surface area contributed by atoms with Crippen LogP contribution in [0.3, 0.4) is 0 Å². The molecule has 0 atom stereocenters. The molecule has 0 radical (unpaired) electrons. The molecule has 0 bridgehead atoms. The predicted molar refractivity (Wildman–Crippen MR) is 102 cm³/mol. The van der Waals surface area contributed by atoms with E-state index in [-0.39, 0.29) is 5.91 Å². The van der Waals surface area contributed by atoms with Gasteiger partial charge in [0.2, 0.25) is 0 Å². The maximum absolute atomic E-state index is 13.1. The lowest BCUT2D eigenvalue weighted by molar-refractivity contribution is 0.0747. The monoisotopic (exact) mass is 423 g/mol. The number of carbonyl (C=O) groups is 1. The van der Waals surface area contributed by atoms with Crippen LogP contribution in [0, 0.1) is 20.8 Å². The first-order valence-electron chi connectivity index (χ1n) is 9.08. The molecule has 7 nitrogen and oxygen atoms in total. The van der Waals surface area contributed by atoms with Crippen LogP contribution in [0.15, 0.2) is 9.00 Å². The third-order valence-corrected chi connectivity index (χ3v) is 5.94. The fraction of sp³-hybridized carbons (Fsp3) is 0.611. The molecule has 1 aliphatic heterocycles. The molecule has 0 N–H and O–H groups in total. The minimum absolute atomic E-state index is 0.0542. The molecule has 3 heterocycles. The summed E-state index contributed by atoms with van der Waals surface area (Å²) in [5, 5.41) is 8.48. The van der Waals surface area contributed by atoms with Gasteiger partial charge in [0.1, 0.15) is 11.5 Å². The molecule has 0 aromatic carbocycles. The van der Waals surface area contributed by atoms with Gasteiger partial charge in [0.25, 0.3) is 5.91 Å². The maximum Gasteiger partial charge on any atom is 0.273 e. The highest BCUT2D eigenvalue weighted by Crippen LogP contribution is 2.23. The quantitative estimate of drug-likeness (QED) is 0.755. The Morgan fingerprint density at radius 3 is 2.58 bits per heavy atom. The molecular formula is C18H26BrN5O2. The first-order chi connectivity index (χ1) is 12.4. The summed E-state index contributed by atoms with van der Waals surface area (Å²) in [4.78, 5) is 17.4. The number of aryl methyl sites for hydroxylation is 4. The molecular weight excluding hydrogens is 398 g/mol. The van der Waals surface area contributed by atoms with Gasteiger partial charge in [-0.05, 0) is 50.0 Å². The summed E-state index contributed by atoms with van der Waals surface area (Å²) >= 11 is 3.54. The molecule has 0 saturated carbocycles. The van der Waals surface area contributed by atoms with E-state index in [1.165, 1.54) is 0 Å². The SMILES string of the molecule is CCn1nc(C)c(Br)c1C(=O)N1CCCN(Cc2c(C)noc2C)CC1. The standard InChI is InChI=1S/C18H26BrN5O2/c1-5-24-17(16(19)13(3)20-24)18(25)23-8-6-7-22(9-10-23)11-15-12(2)21-26-14(15)4/h5-11H2,1-4H3. The molecule has 0 unspecified atom stereocenters. The molecule has 2 aromatic rings. The summed E-state index contributed by atoms with van der Waals surface area (Å²) < 4.78 is 7.86. The average molecular weight is 424 g/mol. The van der Waals surface area contributed by atoms with Crippen LogP contribution >= 0.6 is 15.9 Å². The second-order valence-electron chi connectivity index (χ2n) is 6.79. The van der Waals surface area contributed by atoms with E-state index in [0.717, 1.165) is 59.8 Å². The van der Waals surface area contributed by atoms with Crippen molar-refractivity contribution in [2.45, 2.75) is 47.2 Å². The molecule has 142 valence electrons. The summed E-state index contributed by atoms with van der Waals surface area (Å²) in [6.07, 6.45) is 0.950. The van der Waals surface area contributed by atoms with Crippen molar-refractivity contribution in [2.75, 3.05) is 26.2 Å². The fourth-order valence-corrected chi connectivity index (χ4v) is 3.88. The van der Waals surface area contributed by atoms with Gasteiger partial charge in [0.15, 0.2) is 0 Å². The number of amides is 1. The van der Waals surface area contributed by atoms with Crippen LogP contribution < -0.4 is 0 Å². The average Bonchev–Trinajstić information content (AvgIpc) is 2.97. The first-order valence-corrected chi connectivity index (χ1v) is 9.88. The number of hydrogen-bond donors (Lipinski definition) is 0. The Bertz CT molecular complexity index is 778. The summed E-state index contributed by atoms with van der Waals surface area (Å²) in [5.41, 5.74) is 3.62. The van der Waals surface area contributed by atoms with E-state index in [2.05, 4.69) is 31.1 Å². The molecule has 8 heteroatoms. The summed E-state index contributed by atoms with van der Waals surface area (Å²) in [5.74, 6) is 0.935. The van der Waals surface area contributed by atoms with Gasteiger partial charge in [0.05, 0.1) is 15.9 Å². The number of hydrogen-bond acceptors (Lipinski definition) is 5. The molecule has 26 heavy (non-hydrogen) atoms. The Kier molecular flexibility index (Phi) is 5.82. The highest BCUT2D eigenvalue weighted by Gasteiger charge is 2.27. The smallest absolute Gasteiger partial charge is 0.273 e. The zero-order valence-corrected chi connectivity index (χ0v) is 17.5. The van der Waals surface area contributed by atoms with Gasteiger partial charge in [-0.15, -0.1) is 0 Å². The van der Waals surface area contributed by atoms with Crippen LogP contribution in [0.1, 0.15) is 46.5 Å². The Labute approximate surface area is 162 Å². The van der Waals surface area contributed by atoms with Gasteiger partial charge in [0, 0.05) is 44.8 Å². The Morgan fingerprint density at radius 2 is 1.92 bits per heavy atom. The predicted octanol–water partition coefficient (Wildman–Crippen LogP) is 2.93. The van der Waals surface area contributed by atoms with E-state index in [1.54, 1.807) is 4.68 Å². The van der Waals surface area contributed by atoms with Gasteiger partial charge in [-0.1, -0.05) is 5.16 Å². The minimum Gasteiger partial charge on any atom is -0.361 e. The van der Waals surface area contributed by atoms with Crippen LogP contribution in [-0.4, -0.2) is 56.8 Å². The third kappa shape index (κ3) is 3.71. The van der Waals surface area contributed by atoms with Gasteiger partial charge >= 0.3 is 0 Å². The van der Waals surface area contributed by atoms with E-state index in [0.29, 0.717) is 18.8 Å². The van der Waals surface area contributed by atoms with Crippen molar-refractivity contribution >= 4 is 21.8 Å². The number of rotatable bonds is 4. The van der Waals surface area contributed by atoms with Crippen LogP contribution in [-0.2, 0) is 13.1 Å². The molecule has 0 spiro atoms. The van der Waals surface area contributed by atoms with Crippen molar-refractivity contribution in [1.82, 2.24) is 24.7 Å². The Hall–Kier alpha value is -1.67. The Balaban J connectivity index is 1.70. The van der Waals surface area contributed by atoms with Crippen molar-refractivity contribution in [1.29, 1.82) is 0 Å². The fourth-order valence-electron chi connectivity index (χ4n) is 3.43. The molecule has 3 rings (SSSR count). The van der Waals surface area contributed by atoms with Crippen molar-refractivity contribution in [3.8, 4) is 0 Å². The Morgan fingerprint density at radius 1 is 1.15 bits per heavy atom. The number of aromatic nitrogens is 3. The summed E-state index contributed by atoms with van der Waals surface area (Å²) in [7, 11) is 0. The summed E-state index contributed by atoms with van der Waals surface area (Å²) in [6.45, 7) is 12.6. The van der Waals surface area contributed by atoms with Crippen LogP contribution in [0.5, 0.6) is 0 Å². The third-order valence-electron chi connectivity index (χ3n) is 5.00. The minimum atomic E-state index is 0.0542. The number of halogens is 1. The van der Waals surface area contributed by atoms with E-state index < -0.39 is 0 Å². The van der Waals surface area contributed by atoms with Crippen LogP contribution in [0.25, 0.3) is 0 Å². The largest absolute Gasteiger partial charge is 0.361 e. The molecule has 1 amide bonds. The van der Waals surface area contributed by atoms with E-state index in [9.17, 15) is 4.79 Å². The zero-order chi connectivity index (χ0) is 18.8. The topological polar surface area (TPSA) is 67.4 Å². The lowest BCUT2D eigenvalue weighted by Crippen LogP contribution is -2.36. The lowest BCUT2D eigenvalue weighted by Gasteiger charge is -2.22. The second kappa shape index (κ2) is 7.92. The van der Waals surface area contributed by atoms with Gasteiger partial charge in [-0.3, -0.25) is 14.4 Å². The maximum atomic E-state index is 13.1. The van der Waals surface area contributed by atoms with E-state index in [1.807, 2.05) is 32.6 Å². The molecule has 1 saturated heterocycles. The highest BCUT2D eigenvalue weighted by molar-refractivity contribution is 9.10. The van der Waals surface area contributed by atoms with Crippen molar-refractivity contribution in [3.63, 3.8) is 0 Å². The zero-order valence-electron chi connectivity index (χ0n) is 15.9. The first kappa shape index (κ1) is 19.1. The van der Waals surface area contributed by atoms with Crippen molar-refractivity contribution in [3.05, 3.63) is 32.9 Å². The van der Waals surface area contributed by atoms with E-state index in [4.69, 9.17) is 4.52 Å². The second-order valence-corrected chi connectivity index (χ2v) is 7.58. The molecule has 1 fully saturated rings. The highest BCUT2D eigenvalue weighted by atomic mass is 79.9. The summed E-state index contributed by atoms with van der Waals surface area (Å²) in [6, 6.07) is 0. The van der Waals surface area contributed by atoms with Crippen molar-refractivity contribution < 1.29 is 9.32 Å². The van der Waals surface area contributed by atoms with Gasteiger partial charge in [-0.2, -0.15) is 5.10 Å². The van der Waals surface area contributed by atoms with Gasteiger partial charge < -0.3 is 9.42 Å². The number of carbonyl (C=O) groups excluding carboxylic acids is 1. The molecule has 2 aromatic heterocycles. The normalized spacial score (nSPS) is 16.1.